The number of ether oxygens (including phenoxy) is 4. The van der Waals surface area contributed by atoms with Gasteiger partial charge >= 0.3 is 0 Å². The maximum Gasteiger partial charge on any atom is 0.261 e. The summed E-state index contributed by atoms with van der Waals surface area (Å²) >= 11 is 0. The lowest BCUT2D eigenvalue weighted by Gasteiger charge is -2.33. The topological polar surface area (TPSA) is 86.3 Å². The normalized spacial score (nSPS) is 11.9. The molecule has 1 N–H and O–H groups in total. The van der Waals surface area contributed by atoms with Gasteiger partial charge in [0.1, 0.15) is 29.0 Å². The molecule has 2 rings (SSSR count). The van der Waals surface area contributed by atoms with Gasteiger partial charge in [0, 0.05) is 30.3 Å². The van der Waals surface area contributed by atoms with E-state index in [2.05, 4.69) is 5.32 Å². The van der Waals surface area contributed by atoms with Crippen LogP contribution in [0.5, 0.6) is 23.0 Å². The molecule has 1 atom stereocenters. The highest BCUT2D eigenvalue weighted by Crippen LogP contribution is 2.27. The van der Waals surface area contributed by atoms with Crippen molar-refractivity contribution in [3.8, 4) is 23.0 Å². The van der Waals surface area contributed by atoms with Gasteiger partial charge in [-0.3, -0.25) is 9.59 Å². The fraction of sp³-hybridized carbons (Fsp3) is 0.462. The van der Waals surface area contributed by atoms with Crippen molar-refractivity contribution in [3.05, 3.63) is 48.0 Å². The minimum Gasteiger partial charge on any atom is -0.497 e. The molecule has 2 aromatic carbocycles. The summed E-state index contributed by atoms with van der Waals surface area (Å²) in [7, 11) is 4.68. The molecule has 0 aliphatic heterocycles. The van der Waals surface area contributed by atoms with E-state index in [4.69, 9.17) is 18.9 Å². The van der Waals surface area contributed by atoms with Crippen LogP contribution in [0, 0.1) is 0 Å². The van der Waals surface area contributed by atoms with E-state index in [9.17, 15) is 9.59 Å². The van der Waals surface area contributed by atoms with Crippen molar-refractivity contribution in [1.29, 1.82) is 0 Å². The number of nitrogens with one attached hydrogen (secondary N) is 1. The Labute approximate surface area is 202 Å². The number of carbonyl (C=O) groups excluding carboxylic acids is 2. The van der Waals surface area contributed by atoms with Gasteiger partial charge in [0.2, 0.25) is 5.91 Å². The third kappa shape index (κ3) is 7.86. The average molecular weight is 473 g/mol. The number of amides is 2. The first kappa shape index (κ1) is 26.8. The van der Waals surface area contributed by atoms with Gasteiger partial charge in [-0.15, -0.1) is 0 Å². The molecule has 186 valence electrons. The molecule has 0 bridgehead atoms. The van der Waals surface area contributed by atoms with E-state index in [1.807, 2.05) is 52.0 Å². The summed E-state index contributed by atoms with van der Waals surface area (Å²) in [5.74, 6) is 1.73. The van der Waals surface area contributed by atoms with Crippen LogP contribution in [0.2, 0.25) is 0 Å². The zero-order valence-corrected chi connectivity index (χ0v) is 21.1. The van der Waals surface area contributed by atoms with E-state index in [0.29, 0.717) is 23.7 Å². The summed E-state index contributed by atoms with van der Waals surface area (Å²) in [6.45, 7) is 7.62. The molecule has 1 unspecified atom stereocenters. The molecule has 0 aromatic heterocycles. The Morgan fingerprint density at radius 2 is 1.41 bits per heavy atom. The van der Waals surface area contributed by atoms with Crippen molar-refractivity contribution in [2.75, 3.05) is 27.9 Å². The zero-order chi connectivity index (χ0) is 25.3. The summed E-state index contributed by atoms with van der Waals surface area (Å²) in [4.78, 5) is 28.0. The Hall–Kier alpha value is -3.42. The third-order valence-electron chi connectivity index (χ3n) is 5.08. The van der Waals surface area contributed by atoms with Crippen LogP contribution < -0.4 is 24.3 Å². The van der Waals surface area contributed by atoms with Crippen LogP contribution >= 0.6 is 0 Å². The van der Waals surface area contributed by atoms with Crippen LogP contribution in [0.3, 0.4) is 0 Å². The summed E-state index contributed by atoms with van der Waals surface area (Å²) < 4.78 is 21.5. The number of carbonyl (C=O) groups is 2. The highest BCUT2D eigenvalue weighted by atomic mass is 16.5. The van der Waals surface area contributed by atoms with Gasteiger partial charge in [0.25, 0.3) is 5.91 Å². The number of nitrogens with zero attached hydrogens (tertiary/aromatic N) is 1. The average Bonchev–Trinajstić information content (AvgIpc) is 2.81. The predicted molar refractivity (Wildman–Crippen MR) is 131 cm³/mol. The minimum absolute atomic E-state index is 0.208. The van der Waals surface area contributed by atoms with Gasteiger partial charge in [0.05, 0.1) is 21.3 Å². The fourth-order valence-corrected chi connectivity index (χ4v) is 3.39. The van der Waals surface area contributed by atoms with Crippen LogP contribution in [-0.4, -0.2) is 56.2 Å². The van der Waals surface area contributed by atoms with Crippen LogP contribution in [0.25, 0.3) is 0 Å². The molecule has 0 aliphatic carbocycles. The quantitative estimate of drug-likeness (QED) is 0.535. The van der Waals surface area contributed by atoms with Gasteiger partial charge in [-0.1, -0.05) is 19.1 Å². The molecule has 0 aliphatic rings. The molecule has 0 fully saturated rings. The standard InChI is InChI=1S/C26H36N2O6/c1-8-23(25(30)27-26(2,3)4)28(16-18-9-11-19(31-5)12-10-18)24(29)17-34-22-14-20(32-6)13-21(15-22)33-7/h9-15,23H,8,16-17H2,1-7H3,(H,27,30). The van der Waals surface area contributed by atoms with E-state index < -0.39 is 11.6 Å². The second kappa shape index (κ2) is 12.2. The molecule has 34 heavy (non-hydrogen) atoms. The Bertz CT molecular complexity index is 931. The third-order valence-corrected chi connectivity index (χ3v) is 5.08. The van der Waals surface area contributed by atoms with Gasteiger partial charge in [-0.05, 0) is 44.9 Å². The maximum absolute atomic E-state index is 13.4. The van der Waals surface area contributed by atoms with Crippen molar-refractivity contribution < 1.29 is 28.5 Å². The second-order valence-electron chi connectivity index (χ2n) is 8.87. The van der Waals surface area contributed by atoms with Crippen molar-refractivity contribution in [2.24, 2.45) is 0 Å². The number of rotatable bonds is 11. The van der Waals surface area contributed by atoms with Crippen LogP contribution in [-0.2, 0) is 16.1 Å². The summed E-state index contributed by atoms with van der Waals surface area (Å²) in [6.07, 6.45) is 0.455. The van der Waals surface area contributed by atoms with Gasteiger partial charge in [-0.2, -0.15) is 0 Å². The van der Waals surface area contributed by atoms with Crippen LogP contribution in [0.1, 0.15) is 39.7 Å². The molecular formula is C26H36N2O6. The molecule has 2 aromatic rings. The van der Waals surface area contributed by atoms with Gasteiger partial charge < -0.3 is 29.2 Å². The van der Waals surface area contributed by atoms with Crippen molar-refractivity contribution in [1.82, 2.24) is 10.2 Å². The lowest BCUT2D eigenvalue weighted by atomic mass is 10.1. The van der Waals surface area contributed by atoms with Crippen molar-refractivity contribution >= 4 is 11.8 Å². The predicted octanol–water partition coefficient (Wildman–Crippen LogP) is 3.81. The SMILES string of the molecule is CCC(C(=O)NC(C)(C)C)N(Cc1ccc(OC)cc1)C(=O)COc1cc(OC)cc(OC)c1. The smallest absolute Gasteiger partial charge is 0.261 e. The second-order valence-corrected chi connectivity index (χ2v) is 8.87. The molecular weight excluding hydrogens is 436 g/mol. The van der Waals surface area contributed by atoms with Gasteiger partial charge in [0.15, 0.2) is 6.61 Å². The molecule has 8 heteroatoms. The number of benzene rings is 2. The first-order valence-electron chi connectivity index (χ1n) is 11.2. The van der Waals surface area contributed by atoms with E-state index in [-0.39, 0.29) is 25.0 Å². The summed E-state index contributed by atoms with van der Waals surface area (Å²) in [5.41, 5.74) is 0.451. The fourth-order valence-electron chi connectivity index (χ4n) is 3.39. The number of hydrogen-bond acceptors (Lipinski definition) is 6. The Morgan fingerprint density at radius 3 is 1.88 bits per heavy atom. The molecule has 0 heterocycles. The lowest BCUT2D eigenvalue weighted by Crippen LogP contribution is -2.54. The number of hydrogen-bond donors (Lipinski definition) is 1. The van der Waals surface area contributed by atoms with Crippen molar-refractivity contribution in [3.63, 3.8) is 0 Å². The molecule has 2 amide bonds. The van der Waals surface area contributed by atoms with Crippen molar-refractivity contribution in [2.45, 2.75) is 52.2 Å². The Morgan fingerprint density at radius 1 is 0.882 bits per heavy atom. The highest BCUT2D eigenvalue weighted by molar-refractivity contribution is 5.88. The molecule has 0 saturated carbocycles. The van der Waals surface area contributed by atoms with E-state index >= 15 is 0 Å². The minimum atomic E-state index is -0.655. The number of methoxy groups -OCH3 is 3. The van der Waals surface area contributed by atoms with Gasteiger partial charge in [-0.25, -0.2) is 0 Å². The summed E-state index contributed by atoms with van der Waals surface area (Å²) in [6, 6.07) is 11.8. The van der Waals surface area contributed by atoms with E-state index in [1.54, 1.807) is 44.4 Å². The molecule has 0 radical (unpaired) electrons. The van der Waals surface area contributed by atoms with Crippen LogP contribution in [0.15, 0.2) is 42.5 Å². The molecule has 0 spiro atoms. The van der Waals surface area contributed by atoms with E-state index in [1.165, 1.54) is 0 Å². The summed E-state index contributed by atoms with van der Waals surface area (Å²) in [5, 5.41) is 2.99. The molecule has 8 nitrogen and oxygen atoms in total. The lowest BCUT2D eigenvalue weighted by molar-refractivity contribution is -0.143. The first-order valence-corrected chi connectivity index (χ1v) is 11.2. The maximum atomic E-state index is 13.4. The monoisotopic (exact) mass is 472 g/mol. The van der Waals surface area contributed by atoms with Crippen LogP contribution in [0.4, 0.5) is 0 Å². The molecule has 0 saturated heterocycles. The highest BCUT2D eigenvalue weighted by Gasteiger charge is 2.31. The Kier molecular flexibility index (Phi) is 9.59. The van der Waals surface area contributed by atoms with E-state index in [0.717, 1.165) is 11.3 Å². The first-order chi connectivity index (χ1) is 16.1. The largest absolute Gasteiger partial charge is 0.497 e. The zero-order valence-electron chi connectivity index (χ0n) is 21.1. The Balaban J connectivity index is 2.27.